The first kappa shape index (κ1) is 28.6. The first-order valence-corrected chi connectivity index (χ1v) is 14.7. The number of nitrogens with zero attached hydrogens (tertiary/aromatic N) is 6. The normalized spacial score (nSPS) is 13.8. The number of nitrogens with one attached hydrogen (secondary N) is 2. The number of fused-ring (bicyclic) bond motifs is 2. The third-order valence-electron chi connectivity index (χ3n) is 7.94. The number of hydrogen-bond donors (Lipinski definition) is 3. The van der Waals surface area contributed by atoms with E-state index in [1.807, 2.05) is 42.9 Å². The summed E-state index contributed by atoms with van der Waals surface area (Å²) in [5, 5.41) is 26.8. The van der Waals surface area contributed by atoms with Gasteiger partial charge in [0.25, 0.3) is 0 Å². The zero-order chi connectivity index (χ0) is 28.8. The van der Waals surface area contributed by atoms with E-state index in [-0.39, 0.29) is 0 Å². The van der Waals surface area contributed by atoms with Crippen LogP contribution in [-0.2, 0) is 31.2 Å². The van der Waals surface area contributed by atoms with Gasteiger partial charge in [-0.25, -0.2) is 9.78 Å². The Labute approximate surface area is 241 Å². The highest BCUT2D eigenvalue weighted by molar-refractivity contribution is 5.91. The summed E-state index contributed by atoms with van der Waals surface area (Å²) in [4.78, 5) is 19.5. The molecule has 0 radical (unpaired) electrons. The average Bonchev–Trinajstić information content (AvgIpc) is 3.47. The lowest BCUT2D eigenvalue weighted by atomic mass is 10.1. The molecule has 10 heteroatoms. The molecular weight excluding hydrogens is 516 g/mol. The van der Waals surface area contributed by atoms with Gasteiger partial charge in [-0.3, -0.25) is 9.36 Å². The summed E-state index contributed by atoms with van der Waals surface area (Å²) in [6.07, 6.45) is 5.71. The first-order valence-electron chi connectivity index (χ1n) is 14.7. The molecular formula is C31H42N8O2. The van der Waals surface area contributed by atoms with E-state index in [9.17, 15) is 9.90 Å². The Morgan fingerprint density at radius 3 is 2.78 bits per heavy atom. The molecule has 0 amide bonds. The second kappa shape index (κ2) is 13.2. The minimum Gasteiger partial charge on any atom is -0.480 e. The third kappa shape index (κ3) is 7.24. The summed E-state index contributed by atoms with van der Waals surface area (Å²) >= 11 is 0. The number of pyridine rings is 1. The Morgan fingerprint density at radius 1 is 1.12 bits per heavy atom. The van der Waals surface area contributed by atoms with Crippen LogP contribution in [0, 0.1) is 13.8 Å². The van der Waals surface area contributed by atoms with Crippen LogP contribution in [0.25, 0.3) is 10.9 Å². The maximum atomic E-state index is 12.3. The topological polar surface area (TPSA) is 113 Å². The molecule has 0 saturated carbocycles. The van der Waals surface area contributed by atoms with E-state index < -0.39 is 12.0 Å². The summed E-state index contributed by atoms with van der Waals surface area (Å²) < 4.78 is 3.82. The second-order valence-corrected chi connectivity index (χ2v) is 11.1. The molecule has 4 aromatic rings. The molecule has 3 N–H and O–H groups in total. The van der Waals surface area contributed by atoms with Gasteiger partial charge < -0.3 is 20.6 Å². The SMILES string of the molecule is Cc1cc(C)n(CCN(CCCCc2ccc3c(n2)NCCC3)CCC(Nc2nn(C)c3ccccc23)C(=O)O)n1. The molecule has 0 aliphatic carbocycles. The predicted octanol–water partition coefficient (Wildman–Crippen LogP) is 4.42. The minimum absolute atomic E-state index is 0.468. The molecule has 5 rings (SSSR count). The molecule has 3 aromatic heterocycles. The van der Waals surface area contributed by atoms with Gasteiger partial charge in [0.15, 0.2) is 5.82 Å². The van der Waals surface area contributed by atoms with Crippen molar-refractivity contribution in [2.45, 2.75) is 65.0 Å². The molecule has 4 heterocycles. The molecule has 218 valence electrons. The molecule has 1 aliphatic heterocycles. The Balaban J connectivity index is 1.20. The molecule has 0 saturated heterocycles. The molecule has 1 unspecified atom stereocenters. The maximum Gasteiger partial charge on any atom is 0.326 e. The van der Waals surface area contributed by atoms with Crippen LogP contribution < -0.4 is 10.6 Å². The molecule has 0 spiro atoms. The van der Waals surface area contributed by atoms with E-state index in [2.05, 4.69) is 50.9 Å². The van der Waals surface area contributed by atoms with Gasteiger partial charge in [0.2, 0.25) is 0 Å². The zero-order valence-electron chi connectivity index (χ0n) is 24.4. The number of anilines is 2. The van der Waals surface area contributed by atoms with E-state index in [1.54, 1.807) is 4.68 Å². The number of aromatic nitrogens is 5. The molecule has 1 aromatic carbocycles. The second-order valence-electron chi connectivity index (χ2n) is 11.1. The van der Waals surface area contributed by atoms with Crippen LogP contribution in [0.1, 0.15) is 48.3 Å². The van der Waals surface area contributed by atoms with Gasteiger partial charge in [0.1, 0.15) is 11.9 Å². The lowest BCUT2D eigenvalue weighted by molar-refractivity contribution is -0.138. The van der Waals surface area contributed by atoms with E-state index in [0.29, 0.717) is 18.8 Å². The number of benzene rings is 1. The number of carboxylic acids is 1. The van der Waals surface area contributed by atoms with Gasteiger partial charge in [-0.05, 0) is 88.7 Å². The fourth-order valence-corrected chi connectivity index (χ4v) is 5.68. The molecule has 0 bridgehead atoms. The standard InChI is InChI=1S/C31H42N8O2/c1-22-21-23(2)39(35-22)20-19-38(17-7-6-10-25-14-13-24-9-8-16-32-29(24)33-25)18-15-27(31(40)41)34-30-26-11-4-5-12-28(26)37(3)36-30/h4-5,11-14,21,27H,6-10,15-20H2,1-3H3,(H,32,33)(H,34,36)(H,40,41). The predicted molar refractivity (Wildman–Crippen MR) is 163 cm³/mol. The fourth-order valence-electron chi connectivity index (χ4n) is 5.68. The number of aryl methyl sites for hydroxylation is 5. The van der Waals surface area contributed by atoms with Crippen LogP contribution in [0.3, 0.4) is 0 Å². The van der Waals surface area contributed by atoms with Gasteiger partial charge in [0.05, 0.1) is 17.8 Å². The number of hydrogen-bond acceptors (Lipinski definition) is 7. The lowest BCUT2D eigenvalue weighted by Gasteiger charge is -2.25. The summed E-state index contributed by atoms with van der Waals surface area (Å²) in [5.74, 6) is 0.787. The molecule has 41 heavy (non-hydrogen) atoms. The Kier molecular flexibility index (Phi) is 9.18. The minimum atomic E-state index is -0.870. The summed E-state index contributed by atoms with van der Waals surface area (Å²) in [6.45, 7) is 8.21. The number of aliphatic carboxylic acids is 1. The highest BCUT2D eigenvalue weighted by Gasteiger charge is 2.21. The van der Waals surface area contributed by atoms with E-state index in [1.165, 1.54) is 5.56 Å². The first-order chi connectivity index (χ1) is 19.9. The van der Waals surface area contributed by atoms with Gasteiger partial charge in [-0.2, -0.15) is 10.2 Å². The van der Waals surface area contributed by atoms with Crippen molar-refractivity contribution < 1.29 is 9.90 Å². The number of carbonyl (C=O) groups is 1. The Bertz CT molecular complexity index is 1480. The van der Waals surface area contributed by atoms with E-state index >= 15 is 0 Å². The van der Waals surface area contributed by atoms with Gasteiger partial charge in [-0.1, -0.05) is 18.2 Å². The van der Waals surface area contributed by atoms with Crippen molar-refractivity contribution in [2.24, 2.45) is 7.05 Å². The number of rotatable bonds is 14. The van der Waals surface area contributed by atoms with Crippen molar-refractivity contribution in [2.75, 3.05) is 36.8 Å². The van der Waals surface area contributed by atoms with Crippen LogP contribution in [0.2, 0.25) is 0 Å². The Hall–Kier alpha value is -3.92. The average molecular weight is 559 g/mol. The van der Waals surface area contributed by atoms with Crippen molar-refractivity contribution >= 4 is 28.5 Å². The monoisotopic (exact) mass is 558 g/mol. The van der Waals surface area contributed by atoms with Crippen LogP contribution in [0.5, 0.6) is 0 Å². The summed E-state index contributed by atoms with van der Waals surface area (Å²) in [5.41, 5.74) is 5.57. The number of para-hydroxylation sites is 1. The summed E-state index contributed by atoms with van der Waals surface area (Å²) in [7, 11) is 1.88. The summed E-state index contributed by atoms with van der Waals surface area (Å²) in [6, 6.07) is 13.6. The van der Waals surface area contributed by atoms with Gasteiger partial charge >= 0.3 is 5.97 Å². The van der Waals surface area contributed by atoms with Crippen molar-refractivity contribution in [1.82, 2.24) is 29.4 Å². The molecule has 10 nitrogen and oxygen atoms in total. The fraction of sp³-hybridized carbons (Fsp3) is 0.484. The van der Waals surface area contributed by atoms with Crippen molar-refractivity contribution in [1.29, 1.82) is 0 Å². The number of unbranched alkanes of at least 4 members (excludes halogenated alkanes) is 1. The van der Waals surface area contributed by atoms with Gasteiger partial charge in [0, 0.05) is 43.5 Å². The number of carboxylic acid groups (broad SMARTS) is 1. The van der Waals surface area contributed by atoms with E-state index in [0.717, 1.165) is 92.1 Å². The smallest absolute Gasteiger partial charge is 0.326 e. The molecule has 1 aliphatic rings. The van der Waals surface area contributed by atoms with Gasteiger partial charge in [-0.15, -0.1) is 0 Å². The van der Waals surface area contributed by atoms with E-state index in [4.69, 9.17) is 4.98 Å². The largest absolute Gasteiger partial charge is 0.480 e. The maximum absolute atomic E-state index is 12.3. The third-order valence-corrected chi connectivity index (χ3v) is 7.94. The van der Waals surface area contributed by atoms with Crippen LogP contribution in [0.4, 0.5) is 11.6 Å². The van der Waals surface area contributed by atoms with Crippen molar-refractivity contribution in [3.63, 3.8) is 0 Å². The highest BCUT2D eigenvalue weighted by atomic mass is 16.4. The van der Waals surface area contributed by atoms with Crippen LogP contribution in [0.15, 0.2) is 42.5 Å². The quantitative estimate of drug-likeness (QED) is 0.195. The molecule has 0 fully saturated rings. The zero-order valence-corrected chi connectivity index (χ0v) is 24.4. The lowest BCUT2D eigenvalue weighted by Crippen LogP contribution is -2.37. The van der Waals surface area contributed by atoms with Crippen LogP contribution in [-0.4, -0.2) is 72.7 Å². The highest BCUT2D eigenvalue weighted by Crippen LogP contribution is 2.23. The van der Waals surface area contributed by atoms with Crippen molar-refractivity contribution in [3.05, 3.63) is 65.1 Å². The Morgan fingerprint density at radius 2 is 1.98 bits per heavy atom. The van der Waals surface area contributed by atoms with Crippen molar-refractivity contribution in [3.8, 4) is 0 Å². The van der Waals surface area contributed by atoms with Crippen LogP contribution >= 0.6 is 0 Å². The molecule has 1 atom stereocenters.